The first-order chi connectivity index (χ1) is 15.2. The number of carboxylic acids is 1. The Hall–Kier alpha value is -3.81. The number of rotatable bonds is 6. The van der Waals surface area contributed by atoms with Gasteiger partial charge in [0.25, 0.3) is 5.91 Å². The van der Waals surface area contributed by atoms with Crippen LogP contribution in [0, 0.1) is 0 Å². The number of fused-ring (bicyclic) bond motifs is 1. The number of carbonyl (C=O) groups excluding carboxylic acids is 1. The molecule has 1 atom stereocenters. The monoisotopic (exact) mass is 441 g/mol. The molecule has 0 fully saturated rings. The maximum Gasteiger partial charge on any atom is 0.416 e. The Morgan fingerprint density at radius 1 is 1.00 bits per heavy atom. The van der Waals surface area contributed by atoms with Gasteiger partial charge >= 0.3 is 12.1 Å². The fourth-order valence-corrected chi connectivity index (χ4v) is 3.63. The summed E-state index contributed by atoms with van der Waals surface area (Å²) in [5.74, 6) is -0.896. The van der Waals surface area contributed by atoms with Crippen molar-refractivity contribution in [3.8, 4) is 16.9 Å². The molecule has 0 radical (unpaired) electrons. The van der Waals surface area contributed by atoms with Gasteiger partial charge in [0.2, 0.25) is 0 Å². The largest absolute Gasteiger partial charge is 0.489 e. The van der Waals surface area contributed by atoms with E-state index in [1.54, 1.807) is 30.3 Å². The van der Waals surface area contributed by atoms with Gasteiger partial charge in [0.05, 0.1) is 18.0 Å². The van der Waals surface area contributed by atoms with Crippen LogP contribution in [0.2, 0.25) is 0 Å². The minimum absolute atomic E-state index is 0.188. The number of nitrogens with one attached hydrogen (secondary N) is 1. The first kappa shape index (κ1) is 21.4. The molecule has 0 saturated heterocycles. The summed E-state index contributed by atoms with van der Waals surface area (Å²) >= 11 is 0. The van der Waals surface area contributed by atoms with Crippen molar-refractivity contribution < 1.29 is 32.6 Å². The molecular weight excluding hydrogens is 423 g/mol. The van der Waals surface area contributed by atoms with Crippen LogP contribution in [0.4, 0.5) is 13.2 Å². The molecule has 1 unspecified atom stereocenters. The smallest absolute Gasteiger partial charge is 0.416 e. The lowest BCUT2D eigenvalue weighted by Gasteiger charge is -2.11. The quantitative estimate of drug-likeness (QED) is 0.551. The Kier molecular flexibility index (Phi) is 5.61. The number of ether oxygens (including phenoxy) is 1. The van der Waals surface area contributed by atoms with E-state index in [1.807, 2.05) is 12.1 Å². The second-order valence-corrected chi connectivity index (χ2v) is 7.44. The molecule has 3 aromatic carbocycles. The summed E-state index contributed by atoms with van der Waals surface area (Å²) in [6.45, 7) is 0.188. The van der Waals surface area contributed by atoms with Gasteiger partial charge in [-0.25, -0.2) is 0 Å². The van der Waals surface area contributed by atoms with Crippen LogP contribution in [0.25, 0.3) is 11.1 Å². The van der Waals surface area contributed by atoms with Crippen molar-refractivity contribution in [1.82, 2.24) is 5.32 Å². The molecule has 2 N–H and O–H groups in total. The minimum Gasteiger partial charge on any atom is -0.489 e. The van der Waals surface area contributed by atoms with Gasteiger partial charge < -0.3 is 15.2 Å². The lowest BCUT2D eigenvalue weighted by Crippen LogP contribution is -2.21. The molecule has 32 heavy (non-hydrogen) atoms. The molecule has 5 nitrogen and oxygen atoms in total. The van der Waals surface area contributed by atoms with Crippen molar-refractivity contribution in [1.29, 1.82) is 0 Å². The Balaban J connectivity index is 1.47. The van der Waals surface area contributed by atoms with E-state index in [0.29, 0.717) is 22.4 Å². The van der Waals surface area contributed by atoms with E-state index in [2.05, 4.69) is 5.32 Å². The van der Waals surface area contributed by atoms with Crippen LogP contribution in [0.1, 0.15) is 39.5 Å². The fraction of sp³-hybridized carbons (Fsp3) is 0.167. The molecular formula is C24H18F3NO4. The summed E-state index contributed by atoms with van der Waals surface area (Å²) in [4.78, 5) is 23.1. The Morgan fingerprint density at radius 2 is 1.75 bits per heavy atom. The molecule has 1 heterocycles. The van der Waals surface area contributed by atoms with Gasteiger partial charge in [0, 0.05) is 5.56 Å². The molecule has 3 aromatic rings. The summed E-state index contributed by atoms with van der Waals surface area (Å²) in [6, 6.07) is 16.6. The first-order valence-corrected chi connectivity index (χ1v) is 9.77. The number of benzene rings is 3. The van der Waals surface area contributed by atoms with E-state index in [1.165, 1.54) is 12.1 Å². The molecule has 0 aromatic heterocycles. The second kappa shape index (κ2) is 8.37. The number of halogens is 3. The molecule has 1 aliphatic heterocycles. The zero-order chi connectivity index (χ0) is 22.9. The number of aliphatic carboxylic acids is 1. The van der Waals surface area contributed by atoms with E-state index in [9.17, 15) is 22.8 Å². The molecule has 0 spiro atoms. The SMILES string of the molecule is O=C(O)CC1NC(=O)c2cc(OCc3cccc(-c4ccc(C(F)(F)F)cc4)c3)ccc21. The molecule has 1 amide bonds. The zero-order valence-corrected chi connectivity index (χ0v) is 16.6. The summed E-state index contributed by atoms with van der Waals surface area (Å²) in [5, 5.41) is 11.6. The Labute approximate surface area is 181 Å². The highest BCUT2D eigenvalue weighted by Gasteiger charge is 2.31. The van der Waals surface area contributed by atoms with Crippen molar-refractivity contribution in [3.63, 3.8) is 0 Å². The van der Waals surface area contributed by atoms with Gasteiger partial charge in [-0.1, -0.05) is 36.4 Å². The van der Waals surface area contributed by atoms with Gasteiger partial charge in [-0.3, -0.25) is 9.59 Å². The molecule has 164 valence electrons. The molecule has 1 aliphatic rings. The minimum atomic E-state index is -4.38. The number of hydrogen-bond acceptors (Lipinski definition) is 3. The summed E-state index contributed by atoms with van der Waals surface area (Å²) in [7, 11) is 0. The van der Waals surface area contributed by atoms with Gasteiger partial charge in [0.1, 0.15) is 12.4 Å². The van der Waals surface area contributed by atoms with Crippen LogP contribution in [-0.2, 0) is 17.6 Å². The van der Waals surface area contributed by atoms with Gasteiger partial charge in [-0.05, 0) is 52.6 Å². The van der Waals surface area contributed by atoms with Crippen LogP contribution >= 0.6 is 0 Å². The van der Waals surface area contributed by atoms with Crippen molar-refractivity contribution in [3.05, 3.63) is 89.0 Å². The van der Waals surface area contributed by atoms with E-state index >= 15 is 0 Å². The number of alkyl halides is 3. The number of hydrogen-bond donors (Lipinski definition) is 2. The van der Waals surface area contributed by atoms with Crippen molar-refractivity contribution in [2.45, 2.75) is 25.2 Å². The van der Waals surface area contributed by atoms with Crippen molar-refractivity contribution >= 4 is 11.9 Å². The number of carbonyl (C=O) groups is 2. The van der Waals surface area contributed by atoms with Gasteiger partial charge in [-0.2, -0.15) is 13.2 Å². The molecule has 0 aliphatic carbocycles. The standard InChI is InChI=1S/C24H18F3NO4/c25-24(26,27)17-6-4-15(5-7-17)16-3-1-2-14(10-16)13-32-18-8-9-19-20(11-18)23(31)28-21(19)12-22(29)30/h1-11,21H,12-13H2,(H,28,31)(H,29,30). The predicted molar refractivity (Wildman–Crippen MR) is 110 cm³/mol. The van der Waals surface area contributed by atoms with Crippen LogP contribution in [0.15, 0.2) is 66.7 Å². The lowest BCUT2D eigenvalue weighted by atomic mass is 10.0. The van der Waals surface area contributed by atoms with E-state index in [4.69, 9.17) is 9.84 Å². The average Bonchev–Trinajstić information content (AvgIpc) is 3.06. The zero-order valence-electron chi connectivity index (χ0n) is 16.6. The maximum atomic E-state index is 12.8. The molecule has 8 heteroatoms. The van der Waals surface area contributed by atoms with E-state index in [-0.39, 0.29) is 18.9 Å². The van der Waals surface area contributed by atoms with Crippen LogP contribution < -0.4 is 10.1 Å². The summed E-state index contributed by atoms with van der Waals surface area (Å²) < 4.78 is 44.1. The van der Waals surface area contributed by atoms with Crippen LogP contribution in [-0.4, -0.2) is 17.0 Å². The first-order valence-electron chi connectivity index (χ1n) is 9.77. The number of carboxylic acid groups (broad SMARTS) is 1. The van der Waals surface area contributed by atoms with Gasteiger partial charge in [0.15, 0.2) is 0 Å². The summed E-state index contributed by atoms with van der Waals surface area (Å²) in [5.41, 5.74) is 2.51. The third-order valence-corrected chi connectivity index (χ3v) is 5.21. The maximum absolute atomic E-state index is 12.8. The third-order valence-electron chi connectivity index (χ3n) is 5.21. The van der Waals surface area contributed by atoms with Crippen LogP contribution in [0.3, 0.4) is 0 Å². The van der Waals surface area contributed by atoms with Crippen LogP contribution in [0.5, 0.6) is 5.75 Å². The summed E-state index contributed by atoms with van der Waals surface area (Å²) in [6.07, 6.45) is -4.58. The highest BCUT2D eigenvalue weighted by Crippen LogP contribution is 2.32. The Morgan fingerprint density at radius 3 is 2.44 bits per heavy atom. The molecule has 0 bridgehead atoms. The average molecular weight is 441 g/mol. The third kappa shape index (κ3) is 4.59. The normalized spacial score (nSPS) is 15.2. The molecule has 4 rings (SSSR count). The van der Waals surface area contributed by atoms with Gasteiger partial charge in [-0.15, -0.1) is 0 Å². The van der Waals surface area contributed by atoms with E-state index in [0.717, 1.165) is 23.3 Å². The fourth-order valence-electron chi connectivity index (χ4n) is 3.63. The highest BCUT2D eigenvalue weighted by molar-refractivity contribution is 6.00. The molecule has 0 saturated carbocycles. The van der Waals surface area contributed by atoms with Crippen molar-refractivity contribution in [2.75, 3.05) is 0 Å². The van der Waals surface area contributed by atoms with E-state index < -0.39 is 23.8 Å². The topological polar surface area (TPSA) is 75.6 Å². The predicted octanol–water partition coefficient (Wildman–Crippen LogP) is 5.21. The number of amides is 1. The Bertz CT molecular complexity index is 1170. The lowest BCUT2D eigenvalue weighted by molar-refractivity contribution is -0.138. The highest BCUT2D eigenvalue weighted by atomic mass is 19.4. The van der Waals surface area contributed by atoms with Crippen molar-refractivity contribution in [2.24, 2.45) is 0 Å². The second-order valence-electron chi connectivity index (χ2n) is 7.44.